The Morgan fingerprint density at radius 2 is 2.24 bits per heavy atom. The zero-order valence-corrected chi connectivity index (χ0v) is 10.7. The number of anilines is 1. The summed E-state index contributed by atoms with van der Waals surface area (Å²) in [6.07, 6.45) is 2.28. The smallest absolute Gasteiger partial charge is 0.321 e. The van der Waals surface area contributed by atoms with E-state index in [2.05, 4.69) is 12.2 Å². The molecule has 1 atom stereocenters. The summed E-state index contributed by atoms with van der Waals surface area (Å²) in [5.74, 6) is 0.584. The lowest BCUT2D eigenvalue weighted by molar-refractivity contribution is 0.182. The largest absolute Gasteiger partial charge is 0.324 e. The van der Waals surface area contributed by atoms with Crippen molar-refractivity contribution >= 4 is 23.3 Å². The number of halogens is 1. The number of urea groups is 1. The number of nitrogens with zero attached hydrogens (tertiary/aromatic N) is 1. The van der Waals surface area contributed by atoms with Crippen LogP contribution in [0.1, 0.15) is 19.8 Å². The van der Waals surface area contributed by atoms with Crippen LogP contribution in [-0.2, 0) is 0 Å². The van der Waals surface area contributed by atoms with E-state index in [0.717, 1.165) is 19.5 Å². The Bertz CT molecular complexity index is 408. The molecule has 1 unspecified atom stereocenters. The third-order valence-electron chi connectivity index (χ3n) is 3.06. The molecule has 92 valence electrons. The third-order valence-corrected chi connectivity index (χ3v) is 3.39. The molecule has 17 heavy (non-hydrogen) atoms. The van der Waals surface area contributed by atoms with Crippen LogP contribution in [0.2, 0.25) is 5.02 Å². The molecule has 0 spiro atoms. The first-order chi connectivity index (χ1) is 8.16. The number of piperidine rings is 1. The SMILES string of the molecule is CC1CCCN(C(=O)Nc2ccccc2Cl)C1. The monoisotopic (exact) mass is 252 g/mol. The summed E-state index contributed by atoms with van der Waals surface area (Å²) in [6.45, 7) is 3.84. The molecule has 2 rings (SSSR count). The van der Waals surface area contributed by atoms with Crippen molar-refractivity contribution in [2.75, 3.05) is 18.4 Å². The highest BCUT2D eigenvalue weighted by atomic mass is 35.5. The number of amides is 2. The predicted molar refractivity (Wildman–Crippen MR) is 70.4 cm³/mol. The van der Waals surface area contributed by atoms with E-state index in [0.29, 0.717) is 16.6 Å². The van der Waals surface area contributed by atoms with E-state index in [1.807, 2.05) is 23.1 Å². The van der Waals surface area contributed by atoms with Gasteiger partial charge in [-0.1, -0.05) is 30.7 Å². The molecule has 0 aliphatic carbocycles. The van der Waals surface area contributed by atoms with E-state index in [9.17, 15) is 4.79 Å². The molecular weight excluding hydrogens is 236 g/mol. The Morgan fingerprint density at radius 3 is 2.94 bits per heavy atom. The molecular formula is C13H17ClN2O. The number of hydrogen-bond donors (Lipinski definition) is 1. The van der Waals surface area contributed by atoms with Crippen LogP contribution in [0.15, 0.2) is 24.3 Å². The molecule has 1 aliphatic heterocycles. The highest BCUT2D eigenvalue weighted by Crippen LogP contribution is 2.22. The van der Waals surface area contributed by atoms with E-state index < -0.39 is 0 Å². The van der Waals surface area contributed by atoms with Crippen LogP contribution in [-0.4, -0.2) is 24.0 Å². The fourth-order valence-corrected chi connectivity index (χ4v) is 2.31. The predicted octanol–water partition coefficient (Wildman–Crippen LogP) is 3.60. The van der Waals surface area contributed by atoms with Crippen molar-refractivity contribution in [3.8, 4) is 0 Å². The number of rotatable bonds is 1. The number of benzene rings is 1. The van der Waals surface area contributed by atoms with Gasteiger partial charge >= 0.3 is 6.03 Å². The van der Waals surface area contributed by atoms with Crippen LogP contribution in [0.4, 0.5) is 10.5 Å². The van der Waals surface area contributed by atoms with Crippen LogP contribution in [0.25, 0.3) is 0 Å². The van der Waals surface area contributed by atoms with Gasteiger partial charge in [-0.2, -0.15) is 0 Å². The molecule has 1 N–H and O–H groups in total. The molecule has 1 saturated heterocycles. The number of carbonyl (C=O) groups is 1. The number of hydrogen-bond acceptors (Lipinski definition) is 1. The maximum absolute atomic E-state index is 12.0. The molecule has 1 heterocycles. The number of likely N-dealkylation sites (tertiary alicyclic amines) is 1. The second kappa shape index (κ2) is 5.41. The van der Waals surface area contributed by atoms with Crippen LogP contribution < -0.4 is 5.32 Å². The van der Waals surface area contributed by atoms with Gasteiger partial charge in [0.15, 0.2) is 0 Å². The van der Waals surface area contributed by atoms with Crippen molar-refractivity contribution in [2.45, 2.75) is 19.8 Å². The normalized spacial score (nSPS) is 20.1. The maximum atomic E-state index is 12.0. The first-order valence-electron chi connectivity index (χ1n) is 5.97. The lowest BCUT2D eigenvalue weighted by Gasteiger charge is -2.31. The summed E-state index contributed by atoms with van der Waals surface area (Å²) < 4.78 is 0. The maximum Gasteiger partial charge on any atom is 0.321 e. The van der Waals surface area contributed by atoms with E-state index in [4.69, 9.17) is 11.6 Å². The zero-order valence-electron chi connectivity index (χ0n) is 9.95. The highest BCUT2D eigenvalue weighted by Gasteiger charge is 2.21. The summed E-state index contributed by atoms with van der Waals surface area (Å²) in [5.41, 5.74) is 0.678. The van der Waals surface area contributed by atoms with Crippen LogP contribution in [0.5, 0.6) is 0 Å². The second-order valence-electron chi connectivity index (χ2n) is 4.60. The summed E-state index contributed by atoms with van der Waals surface area (Å²) >= 11 is 6.00. The minimum absolute atomic E-state index is 0.0512. The first-order valence-corrected chi connectivity index (χ1v) is 6.35. The number of carbonyl (C=O) groups excluding carboxylic acids is 1. The van der Waals surface area contributed by atoms with Gasteiger partial charge < -0.3 is 10.2 Å². The van der Waals surface area contributed by atoms with Crippen molar-refractivity contribution in [2.24, 2.45) is 5.92 Å². The Hall–Kier alpha value is -1.22. The molecule has 4 heteroatoms. The molecule has 0 radical (unpaired) electrons. The molecule has 0 bridgehead atoms. The van der Waals surface area contributed by atoms with Crippen LogP contribution >= 0.6 is 11.6 Å². The van der Waals surface area contributed by atoms with E-state index in [-0.39, 0.29) is 6.03 Å². The van der Waals surface area contributed by atoms with E-state index in [1.54, 1.807) is 6.07 Å². The van der Waals surface area contributed by atoms with E-state index >= 15 is 0 Å². The zero-order chi connectivity index (χ0) is 12.3. The Kier molecular flexibility index (Phi) is 3.89. The van der Waals surface area contributed by atoms with Gasteiger partial charge in [0.05, 0.1) is 10.7 Å². The number of para-hydroxylation sites is 1. The molecule has 1 fully saturated rings. The van der Waals surface area contributed by atoms with Gasteiger partial charge in [0.1, 0.15) is 0 Å². The molecule has 1 aromatic rings. The number of nitrogens with one attached hydrogen (secondary N) is 1. The van der Waals surface area contributed by atoms with Crippen molar-refractivity contribution in [3.05, 3.63) is 29.3 Å². The van der Waals surface area contributed by atoms with Gasteiger partial charge in [0, 0.05) is 13.1 Å². The Morgan fingerprint density at radius 1 is 1.47 bits per heavy atom. The molecule has 1 aromatic carbocycles. The minimum atomic E-state index is -0.0512. The molecule has 0 aromatic heterocycles. The standard InChI is InChI=1S/C13H17ClN2O/c1-10-5-4-8-16(9-10)13(17)15-12-7-3-2-6-11(12)14/h2-3,6-7,10H,4-5,8-9H2,1H3,(H,15,17). The highest BCUT2D eigenvalue weighted by molar-refractivity contribution is 6.33. The molecule has 3 nitrogen and oxygen atoms in total. The Labute approximate surface area is 107 Å². The average molecular weight is 253 g/mol. The van der Waals surface area contributed by atoms with Gasteiger partial charge in [0.2, 0.25) is 0 Å². The van der Waals surface area contributed by atoms with Gasteiger partial charge in [-0.05, 0) is 30.9 Å². The summed E-state index contributed by atoms with van der Waals surface area (Å²) in [6, 6.07) is 7.25. The quantitative estimate of drug-likeness (QED) is 0.814. The topological polar surface area (TPSA) is 32.3 Å². The van der Waals surface area contributed by atoms with Crippen molar-refractivity contribution in [1.82, 2.24) is 4.90 Å². The van der Waals surface area contributed by atoms with E-state index in [1.165, 1.54) is 6.42 Å². The third kappa shape index (κ3) is 3.13. The van der Waals surface area contributed by atoms with Gasteiger partial charge in [-0.15, -0.1) is 0 Å². The first kappa shape index (κ1) is 12.2. The lowest BCUT2D eigenvalue weighted by Crippen LogP contribution is -2.41. The summed E-state index contributed by atoms with van der Waals surface area (Å²) in [4.78, 5) is 13.9. The van der Waals surface area contributed by atoms with Crippen molar-refractivity contribution < 1.29 is 4.79 Å². The van der Waals surface area contributed by atoms with Gasteiger partial charge in [0.25, 0.3) is 0 Å². The minimum Gasteiger partial charge on any atom is -0.324 e. The second-order valence-corrected chi connectivity index (χ2v) is 5.01. The van der Waals surface area contributed by atoms with Crippen molar-refractivity contribution in [1.29, 1.82) is 0 Å². The average Bonchev–Trinajstić information content (AvgIpc) is 2.32. The summed E-state index contributed by atoms with van der Waals surface area (Å²) in [5, 5.41) is 3.43. The Balaban J connectivity index is 1.99. The van der Waals surface area contributed by atoms with Gasteiger partial charge in [-0.25, -0.2) is 4.79 Å². The van der Waals surface area contributed by atoms with Crippen molar-refractivity contribution in [3.63, 3.8) is 0 Å². The molecule has 1 aliphatic rings. The fraction of sp³-hybridized carbons (Fsp3) is 0.462. The fourth-order valence-electron chi connectivity index (χ4n) is 2.13. The molecule has 2 amide bonds. The van der Waals surface area contributed by atoms with Crippen LogP contribution in [0, 0.1) is 5.92 Å². The van der Waals surface area contributed by atoms with Crippen LogP contribution in [0.3, 0.4) is 0 Å². The summed E-state index contributed by atoms with van der Waals surface area (Å²) in [7, 11) is 0. The van der Waals surface area contributed by atoms with Gasteiger partial charge in [-0.3, -0.25) is 0 Å². The molecule has 0 saturated carbocycles. The lowest BCUT2D eigenvalue weighted by atomic mass is 10.0.